The molecule has 0 saturated carbocycles. The summed E-state index contributed by atoms with van der Waals surface area (Å²) in [5.74, 6) is 0.648. The van der Waals surface area contributed by atoms with Crippen LogP contribution in [-0.4, -0.2) is 19.9 Å². The lowest BCUT2D eigenvalue weighted by Gasteiger charge is -2.56. The Kier molecular flexibility index (Phi) is 9.80. The van der Waals surface area contributed by atoms with E-state index < -0.39 is 10.8 Å². The number of rotatable bonds is 5. The summed E-state index contributed by atoms with van der Waals surface area (Å²) in [5, 5.41) is 0. The van der Waals surface area contributed by atoms with Crippen LogP contribution in [0, 0.1) is 27.7 Å². The molecule has 3 aromatic heterocycles. The average molecular weight is 951 g/mol. The summed E-state index contributed by atoms with van der Waals surface area (Å²) in [7, 11) is 0. The Morgan fingerprint density at radius 1 is 0.297 bits per heavy atom. The number of aromatic nitrogens is 4. The molecule has 0 fully saturated rings. The van der Waals surface area contributed by atoms with Crippen LogP contribution < -0.4 is 9.80 Å². The lowest BCUT2D eigenvalue weighted by molar-refractivity contribution is 0.606. The van der Waals surface area contributed by atoms with Gasteiger partial charge < -0.3 is 9.80 Å². The Balaban J connectivity index is 1.00. The summed E-state index contributed by atoms with van der Waals surface area (Å²) in [6.45, 7) is 8.95. The van der Waals surface area contributed by atoms with E-state index in [2.05, 4.69) is 223 Å². The molecular weight excluding hydrogens is 901 g/mol. The highest BCUT2D eigenvalue weighted by Crippen LogP contribution is 2.68. The summed E-state index contributed by atoms with van der Waals surface area (Å²) >= 11 is 0. The number of pyridine rings is 2. The van der Waals surface area contributed by atoms with E-state index in [1.807, 2.05) is 30.3 Å². The van der Waals surface area contributed by atoms with Gasteiger partial charge in [0.25, 0.3) is 0 Å². The van der Waals surface area contributed by atoms with Crippen molar-refractivity contribution in [3.05, 3.63) is 298 Å². The molecule has 11 aromatic rings. The molecule has 0 saturated heterocycles. The maximum Gasteiger partial charge on any atom is 0.160 e. The predicted molar refractivity (Wildman–Crippen MR) is 300 cm³/mol. The van der Waals surface area contributed by atoms with Crippen molar-refractivity contribution in [1.29, 1.82) is 0 Å². The normalized spacial score (nSPS) is 14.1. The van der Waals surface area contributed by atoms with Crippen molar-refractivity contribution in [1.82, 2.24) is 19.9 Å². The summed E-state index contributed by atoms with van der Waals surface area (Å²) in [6.07, 6.45) is 7.21. The van der Waals surface area contributed by atoms with Gasteiger partial charge in [0.2, 0.25) is 0 Å². The molecule has 0 radical (unpaired) electrons. The molecule has 0 N–H and O–H groups in total. The smallest absolute Gasteiger partial charge is 0.160 e. The summed E-state index contributed by atoms with van der Waals surface area (Å²) in [6, 6.07) is 76.8. The first kappa shape index (κ1) is 43.5. The first-order valence-corrected chi connectivity index (χ1v) is 25.4. The zero-order valence-electron chi connectivity index (χ0n) is 41.6. The standard InChI is InChI=1S/C68H50N6/c1-43-18-26-62-56(38-43)67(57-39-44(2)19-27-63(57)73(62)50-12-6-5-7-13-50)52-14-8-10-16-54(52)68(55-17-11-9-15-53(55)67)58-40-45(3)20-28-64(58)74(65-29-21-46(4)41-59(65)68)51-24-22-49(23-25-51)66-71-60(47-30-34-69-35-31-47)42-61(72-66)48-32-36-70-37-33-48/h5-42H,1-4H3. The predicted octanol–water partition coefficient (Wildman–Crippen LogP) is 16.1. The second kappa shape index (κ2) is 16.7. The molecule has 6 heteroatoms. The molecule has 352 valence electrons. The molecule has 2 aliphatic heterocycles. The number of benzene rings is 8. The summed E-state index contributed by atoms with van der Waals surface area (Å²) in [4.78, 5) is 23.8. The number of para-hydroxylation sites is 1. The number of aryl methyl sites for hydroxylation is 4. The van der Waals surface area contributed by atoms with Gasteiger partial charge in [-0.2, -0.15) is 0 Å². The number of fused-ring (bicyclic) bond motifs is 14. The van der Waals surface area contributed by atoms with Crippen LogP contribution in [0.1, 0.15) is 66.8 Å². The Labute approximate surface area is 432 Å². The van der Waals surface area contributed by atoms with Crippen LogP contribution in [0.15, 0.2) is 231 Å². The van der Waals surface area contributed by atoms with Gasteiger partial charge in [-0.25, -0.2) is 9.97 Å². The molecule has 0 unspecified atom stereocenters. The molecule has 1 aliphatic carbocycles. The quantitative estimate of drug-likeness (QED) is 0.171. The molecule has 3 aliphatic rings. The van der Waals surface area contributed by atoms with Crippen molar-refractivity contribution in [3.8, 4) is 33.9 Å². The minimum Gasteiger partial charge on any atom is -0.310 e. The van der Waals surface area contributed by atoms with Crippen molar-refractivity contribution in [2.24, 2.45) is 0 Å². The van der Waals surface area contributed by atoms with Gasteiger partial charge in [0.1, 0.15) is 0 Å². The van der Waals surface area contributed by atoms with E-state index in [0.717, 1.165) is 50.8 Å². The van der Waals surface area contributed by atoms with E-state index in [4.69, 9.17) is 9.97 Å². The number of nitrogens with zero attached hydrogens (tertiary/aromatic N) is 6. The second-order valence-electron chi connectivity index (χ2n) is 20.2. The highest BCUT2D eigenvalue weighted by atomic mass is 15.2. The molecule has 0 amide bonds. The van der Waals surface area contributed by atoms with Gasteiger partial charge in [-0.05, 0) is 163 Å². The first-order valence-electron chi connectivity index (χ1n) is 25.4. The first-order chi connectivity index (χ1) is 36.3. The van der Waals surface area contributed by atoms with Crippen molar-refractivity contribution in [3.63, 3.8) is 0 Å². The van der Waals surface area contributed by atoms with E-state index in [9.17, 15) is 0 Å². The summed E-state index contributed by atoms with van der Waals surface area (Å²) in [5.41, 5.74) is 25.1. The Hall–Kier alpha value is -9.26. The fraction of sp³-hybridized carbons (Fsp3) is 0.0882. The van der Waals surface area contributed by atoms with Gasteiger partial charge in [0, 0.05) is 52.9 Å². The van der Waals surface area contributed by atoms with Gasteiger partial charge in [-0.15, -0.1) is 0 Å². The SMILES string of the molecule is Cc1ccc2c(c1)C1(c3cc(C)ccc3N2c2ccccc2)c2ccccc2C2(c3cc(C)ccc3N(c3ccc(-c4nc(-c5ccncc5)cc(-c5ccncc5)n4)cc3)c3ccc(C)cc32)c2ccccc21. The molecule has 0 bridgehead atoms. The van der Waals surface area contributed by atoms with Crippen LogP contribution in [0.25, 0.3) is 33.9 Å². The fourth-order valence-corrected chi connectivity index (χ4v) is 12.7. The molecule has 2 spiro atoms. The van der Waals surface area contributed by atoms with E-state index in [0.29, 0.717) is 5.82 Å². The van der Waals surface area contributed by atoms with Crippen LogP contribution in [-0.2, 0) is 10.8 Å². The highest BCUT2D eigenvalue weighted by molar-refractivity contribution is 5.96. The van der Waals surface area contributed by atoms with Gasteiger partial charge >= 0.3 is 0 Å². The molecule has 8 aromatic carbocycles. The largest absolute Gasteiger partial charge is 0.310 e. The molecule has 74 heavy (non-hydrogen) atoms. The van der Waals surface area contributed by atoms with E-state index >= 15 is 0 Å². The minimum absolute atomic E-state index is 0.648. The highest BCUT2D eigenvalue weighted by Gasteiger charge is 2.59. The van der Waals surface area contributed by atoms with Gasteiger partial charge in [-0.3, -0.25) is 9.97 Å². The maximum atomic E-state index is 5.16. The zero-order chi connectivity index (χ0) is 49.7. The second-order valence-corrected chi connectivity index (χ2v) is 20.2. The van der Waals surface area contributed by atoms with Crippen LogP contribution in [0.2, 0.25) is 0 Å². The molecule has 14 rings (SSSR count). The van der Waals surface area contributed by atoms with Gasteiger partial charge in [0.05, 0.1) is 45.0 Å². The van der Waals surface area contributed by atoms with Crippen molar-refractivity contribution in [2.75, 3.05) is 9.80 Å². The van der Waals surface area contributed by atoms with Gasteiger partial charge in [-0.1, -0.05) is 138 Å². The van der Waals surface area contributed by atoms with Crippen LogP contribution in [0.4, 0.5) is 34.1 Å². The number of hydrogen-bond acceptors (Lipinski definition) is 6. The summed E-state index contributed by atoms with van der Waals surface area (Å²) < 4.78 is 0. The van der Waals surface area contributed by atoms with E-state index in [-0.39, 0.29) is 0 Å². The molecule has 0 atom stereocenters. The van der Waals surface area contributed by atoms with Crippen molar-refractivity contribution >= 4 is 34.1 Å². The van der Waals surface area contributed by atoms with E-state index in [1.165, 1.54) is 78.1 Å². The van der Waals surface area contributed by atoms with Crippen LogP contribution in [0.3, 0.4) is 0 Å². The minimum atomic E-state index is -0.702. The lowest BCUT2D eigenvalue weighted by atomic mass is 9.48. The van der Waals surface area contributed by atoms with Crippen molar-refractivity contribution in [2.45, 2.75) is 38.5 Å². The van der Waals surface area contributed by atoms with Crippen LogP contribution >= 0.6 is 0 Å². The Morgan fingerprint density at radius 3 is 1.00 bits per heavy atom. The van der Waals surface area contributed by atoms with Crippen molar-refractivity contribution < 1.29 is 0 Å². The van der Waals surface area contributed by atoms with E-state index in [1.54, 1.807) is 24.8 Å². The average Bonchev–Trinajstić information content (AvgIpc) is 3.47. The Bertz CT molecular complexity index is 3800. The number of hydrogen-bond donors (Lipinski definition) is 0. The third kappa shape index (κ3) is 6.31. The third-order valence-corrected chi connectivity index (χ3v) is 15.7. The topological polar surface area (TPSA) is 58.0 Å². The molecule has 5 heterocycles. The molecular formula is C68H50N6. The zero-order valence-corrected chi connectivity index (χ0v) is 41.6. The maximum absolute atomic E-state index is 5.16. The van der Waals surface area contributed by atoms with Crippen LogP contribution in [0.5, 0.6) is 0 Å². The monoisotopic (exact) mass is 950 g/mol. The third-order valence-electron chi connectivity index (χ3n) is 15.7. The number of anilines is 6. The fourth-order valence-electron chi connectivity index (χ4n) is 12.7. The van der Waals surface area contributed by atoms with Gasteiger partial charge in [0.15, 0.2) is 5.82 Å². The Morgan fingerprint density at radius 2 is 0.635 bits per heavy atom. The lowest BCUT2D eigenvalue weighted by Crippen LogP contribution is -2.49. The molecule has 6 nitrogen and oxygen atoms in total.